The summed E-state index contributed by atoms with van der Waals surface area (Å²) in [6.45, 7) is 9.41. The zero-order chi connectivity index (χ0) is 16.3. The number of halogens is 1. The molecule has 1 saturated heterocycles. The number of hydrogen-bond donors (Lipinski definition) is 0. The van der Waals surface area contributed by atoms with Crippen molar-refractivity contribution >= 4 is 6.09 Å². The van der Waals surface area contributed by atoms with Crippen LogP contribution in [0.1, 0.15) is 44.7 Å². The molecule has 0 saturated carbocycles. The minimum atomic E-state index is -0.497. The van der Waals surface area contributed by atoms with Crippen molar-refractivity contribution in [2.45, 2.75) is 52.7 Å². The van der Waals surface area contributed by atoms with Crippen LogP contribution < -0.4 is 0 Å². The molecule has 0 aromatic carbocycles. The second-order valence-electron chi connectivity index (χ2n) is 6.65. The molecule has 1 amide bonds. The summed E-state index contributed by atoms with van der Waals surface area (Å²) in [4.78, 5) is 16.1. The molecule has 0 N–H and O–H groups in total. The first-order chi connectivity index (χ1) is 10.3. The topological polar surface area (TPSA) is 45.7 Å². The van der Waals surface area contributed by atoms with Gasteiger partial charge in [0, 0.05) is 30.4 Å². The van der Waals surface area contributed by atoms with Crippen molar-refractivity contribution in [2.75, 3.05) is 13.1 Å². The van der Waals surface area contributed by atoms with Crippen LogP contribution in [0.3, 0.4) is 0 Å². The maximum Gasteiger partial charge on any atom is 0.425 e. The summed E-state index contributed by atoms with van der Waals surface area (Å²) in [6, 6.07) is 1.65. The smallest absolute Gasteiger partial charge is 0.425 e. The lowest BCUT2D eigenvalue weighted by Crippen LogP contribution is -2.55. The molecule has 0 aliphatic carbocycles. The van der Waals surface area contributed by atoms with Gasteiger partial charge < -0.3 is 4.74 Å². The first-order valence-electron chi connectivity index (χ1n) is 7.62. The lowest BCUT2D eigenvalue weighted by Gasteiger charge is -2.40. The largest absolute Gasteiger partial charge is 0.444 e. The molecule has 1 aromatic rings. The molecule has 1 fully saturated rings. The zero-order valence-electron chi connectivity index (χ0n) is 13.7. The fourth-order valence-electron chi connectivity index (χ4n) is 2.62. The van der Waals surface area contributed by atoms with Gasteiger partial charge >= 0.3 is 6.09 Å². The predicted octanol–water partition coefficient (Wildman–Crippen LogP) is 3.28. The maximum atomic E-state index is 13.2. The Morgan fingerprint density at radius 3 is 2.59 bits per heavy atom. The number of carbonyl (C=O) groups excluding carboxylic acids is 1. The Morgan fingerprint density at radius 1 is 1.41 bits per heavy atom. The highest BCUT2D eigenvalue weighted by Gasteiger charge is 2.34. The summed E-state index contributed by atoms with van der Waals surface area (Å²) in [5.41, 5.74) is 0.779. The average molecular weight is 309 g/mol. The molecule has 0 radical (unpaired) electrons. The van der Waals surface area contributed by atoms with Crippen LogP contribution in [0.4, 0.5) is 9.18 Å². The van der Waals surface area contributed by atoms with Crippen LogP contribution in [-0.4, -0.2) is 39.7 Å². The van der Waals surface area contributed by atoms with Gasteiger partial charge in [0.25, 0.3) is 0 Å². The van der Waals surface area contributed by atoms with Gasteiger partial charge in [-0.25, -0.2) is 19.8 Å². The van der Waals surface area contributed by atoms with E-state index in [1.165, 1.54) is 6.20 Å². The minimum absolute atomic E-state index is 0.0906. The molecule has 2 heterocycles. The average Bonchev–Trinajstić information content (AvgIpc) is 2.92. The first-order valence-corrected chi connectivity index (χ1v) is 7.62. The summed E-state index contributed by atoms with van der Waals surface area (Å²) >= 11 is 0. The van der Waals surface area contributed by atoms with Gasteiger partial charge in [-0.3, -0.25) is 0 Å². The number of pyridine rings is 1. The molecule has 5 nitrogen and oxygen atoms in total. The van der Waals surface area contributed by atoms with E-state index in [1.807, 2.05) is 25.8 Å². The number of aryl methyl sites for hydroxylation is 1. The number of rotatable bonds is 3. The number of ether oxygens (including phenoxy) is 1. The SMILES string of the molecule is Cc1cc(COC(=O)N(N2CCCC2)C(C)(C)C)cnc1F. The third-order valence-corrected chi connectivity index (χ3v) is 3.61. The summed E-state index contributed by atoms with van der Waals surface area (Å²) < 4.78 is 18.6. The van der Waals surface area contributed by atoms with Gasteiger partial charge in [0.2, 0.25) is 5.95 Å². The zero-order valence-corrected chi connectivity index (χ0v) is 13.7. The number of hydrazine groups is 1. The van der Waals surface area contributed by atoms with E-state index in [9.17, 15) is 9.18 Å². The van der Waals surface area contributed by atoms with E-state index in [-0.39, 0.29) is 18.2 Å². The number of carbonyl (C=O) groups is 1. The molecule has 1 aliphatic rings. The van der Waals surface area contributed by atoms with Crippen molar-refractivity contribution in [3.8, 4) is 0 Å². The van der Waals surface area contributed by atoms with Crippen LogP contribution in [0.5, 0.6) is 0 Å². The monoisotopic (exact) mass is 309 g/mol. The number of amides is 1. The standard InChI is InChI=1S/C16H24FN3O2/c1-12-9-13(10-18-14(12)17)11-22-15(21)20(16(2,3)4)19-7-5-6-8-19/h9-10H,5-8,11H2,1-4H3. The highest BCUT2D eigenvalue weighted by atomic mass is 19.1. The van der Waals surface area contributed by atoms with Gasteiger partial charge in [-0.2, -0.15) is 4.39 Å². The van der Waals surface area contributed by atoms with Crippen LogP contribution >= 0.6 is 0 Å². The van der Waals surface area contributed by atoms with Gasteiger partial charge in [-0.1, -0.05) is 0 Å². The van der Waals surface area contributed by atoms with E-state index < -0.39 is 5.95 Å². The summed E-state index contributed by atoms with van der Waals surface area (Å²) in [6.07, 6.45) is 3.19. The van der Waals surface area contributed by atoms with Gasteiger partial charge in [0.15, 0.2) is 0 Å². The first kappa shape index (κ1) is 16.7. The van der Waals surface area contributed by atoms with Crippen LogP contribution in [0, 0.1) is 12.9 Å². The normalized spacial score (nSPS) is 15.9. The second kappa shape index (κ2) is 6.60. The molecule has 22 heavy (non-hydrogen) atoms. The Hall–Kier alpha value is -1.69. The number of hydrogen-bond acceptors (Lipinski definition) is 4. The summed E-state index contributed by atoms with van der Waals surface area (Å²) in [7, 11) is 0. The van der Waals surface area contributed by atoms with Crippen molar-refractivity contribution in [1.29, 1.82) is 0 Å². The van der Waals surface area contributed by atoms with Gasteiger partial charge in [-0.05, 0) is 46.6 Å². The van der Waals surface area contributed by atoms with E-state index in [0.717, 1.165) is 25.9 Å². The van der Waals surface area contributed by atoms with Crippen molar-refractivity contribution < 1.29 is 13.9 Å². The van der Waals surface area contributed by atoms with Gasteiger partial charge in [-0.15, -0.1) is 0 Å². The van der Waals surface area contributed by atoms with Crippen molar-refractivity contribution in [2.24, 2.45) is 0 Å². The summed E-state index contributed by atoms with van der Waals surface area (Å²) in [5.74, 6) is -0.497. The Kier molecular flexibility index (Phi) is 5.01. The van der Waals surface area contributed by atoms with Crippen LogP contribution in [0.15, 0.2) is 12.3 Å². The van der Waals surface area contributed by atoms with Crippen LogP contribution in [-0.2, 0) is 11.3 Å². The Bertz CT molecular complexity index is 537. The van der Waals surface area contributed by atoms with Crippen molar-refractivity contribution in [1.82, 2.24) is 15.0 Å². The van der Waals surface area contributed by atoms with Crippen LogP contribution in [0.25, 0.3) is 0 Å². The van der Waals surface area contributed by atoms with Gasteiger partial charge in [0.1, 0.15) is 6.61 Å². The molecule has 0 unspecified atom stereocenters. The quantitative estimate of drug-likeness (QED) is 0.804. The highest BCUT2D eigenvalue weighted by Crippen LogP contribution is 2.22. The van der Waals surface area contributed by atoms with E-state index in [0.29, 0.717) is 11.1 Å². The lowest BCUT2D eigenvalue weighted by atomic mass is 10.1. The Balaban J connectivity index is 2.03. The third-order valence-electron chi connectivity index (χ3n) is 3.61. The molecule has 2 rings (SSSR count). The third kappa shape index (κ3) is 3.94. The second-order valence-corrected chi connectivity index (χ2v) is 6.65. The van der Waals surface area contributed by atoms with Crippen molar-refractivity contribution in [3.63, 3.8) is 0 Å². The van der Waals surface area contributed by atoms with Gasteiger partial charge in [0.05, 0.1) is 5.54 Å². The Labute approximate surface area is 131 Å². The molecule has 1 aliphatic heterocycles. The fraction of sp³-hybridized carbons (Fsp3) is 0.625. The lowest BCUT2D eigenvalue weighted by molar-refractivity contribution is -0.0632. The highest BCUT2D eigenvalue weighted by molar-refractivity contribution is 5.68. The maximum absolute atomic E-state index is 13.2. The molecule has 122 valence electrons. The number of aromatic nitrogens is 1. The van der Waals surface area contributed by atoms with E-state index >= 15 is 0 Å². The number of nitrogens with zero attached hydrogens (tertiary/aromatic N) is 3. The molecule has 0 bridgehead atoms. The van der Waals surface area contributed by atoms with Crippen molar-refractivity contribution in [3.05, 3.63) is 29.3 Å². The molecule has 6 heteroatoms. The molecule has 0 spiro atoms. The minimum Gasteiger partial charge on any atom is -0.444 e. The molecular formula is C16H24FN3O2. The molecule has 1 aromatic heterocycles. The van der Waals surface area contributed by atoms with E-state index in [4.69, 9.17) is 4.74 Å². The van der Waals surface area contributed by atoms with Crippen LogP contribution in [0.2, 0.25) is 0 Å². The summed E-state index contributed by atoms with van der Waals surface area (Å²) in [5, 5.41) is 3.72. The fourth-order valence-corrected chi connectivity index (χ4v) is 2.62. The predicted molar refractivity (Wildman–Crippen MR) is 81.5 cm³/mol. The Morgan fingerprint density at radius 2 is 2.05 bits per heavy atom. The van der Waals surface area contributed by atoms with E-state index in [1.54, 1.807) is 18.0 Å². The molecular weight excluding hydrogens is 285 g/mol. The molecule has 0 atom stereocenters. The van der Waals surface area contributed by atoms with E-state index in [2.05, 4.69) is 4.98 Å².